The fourth-order valence-corrected chi connectivity index (χ4v) is 2.17. The lowest BCUT2D eigenvalue weighted by Crippen LogP contribution is -2.37. The molecule has 1 aromatic rings. The van der Waals surface area contributed by atoms with Crippen LogP contribution >= 0.6 is 11.3 Å². The molecule has 0 radical (unpaired) electrons. The number of rotatable bonds is 7. The van der Waals surface area contributed by atoms with Crippen LogP contribution in [0.25, 0.3) is 0 Å². The molecule has 0 bridgehead atoms. The molecule has 0 spiro atoms. The number of hydrogen-bond donors (Lipinski definition) is 2. The van der Waals surface area contributed by atoms with Crippen molar-refractivity contribution in [3.63, 3.8) is 0 Å². The Hall–Kier alpha value is -1.21. The van der Waals surface area contributed by atoms with Gasteiger partial charge in [0.25, 0.3) is 0 Å². The number of anilines is 1. The number of aromatic nitrogens is 2. The van der Waals surface area contributed by atoms with Gasteiger partial charge in [0.1, 0.15) is 5.01 Å². The van der Waals surface area contributed by atoms with Crippen LogP contribution in [0.3, 0.4) is 0 Å². The second-order valence-corrected chi connectivity index (χ2v) is 5.06. The predicted molar refractivity (Wildman–Crippen MR) is 68.8 cm³/mol. The normalized spacial score (nSPS) is 11.1. The number of hydrogen-bond acceptors (Lipinski definition) is 6. The smallest absolute Gasteiger partial charge is 0.231 e. The SMILES string of the molecule is CCNc1nnc(CN(CC(N)=O)C(C)C)s1. The summed E-state index contributed by atoms with van der Waals surface area (Å²) in [5, 5.41) is 12.9. The van der Waals surface area contributed by atoms with Gasteiger partial charge in [0.2, 0.25) is 11.0 Å². The van der Waals surface area contributed by atoms with Gasteiger partial charge in [-0.1, -0.05) is 11.3 Å². The van der Waals surface area contributed by atoms with Crippen LogP contribution in [-0.2, 0) is 11.3 Å². The summed E-state index contributed by atoms with van der Waals surface area (Å²) >= 11 is 1.50. The number of nitrogens with zero attached hydrogens (tertiary/aromatic N) is 3. The molecular weight excluding hydrogens is 238 g/mol. The van der Waals surface area contributed by atoms with Gasteiger partial charge >= 0.3 is 0 Å². The maximum Gasteiger partial charge on any atom is 0.231 e. The lowest BCUT2D eigenvalue weighted by atomic mass is 10.3. The zero-order valence-electron chi connectivity index (χ0n) is 10.4. The Labute approximate surface area is 105 Å². The van der Waals surface area contributed by atoms with Crippen molar-refractivity contribution < 1.29 is 4.79 Å². The summed E-state index contributed by atoms with van der Waals surface area (Å²) in [5.74, 6) is -0.324. The molecule has 0 saturated heterocycles. The summed E-state index contributed by atoms with van der Waals surface area (Å²) in [6.45, 7) is 7.72. The van der Waals surface area contributed by atoms with E-state index in [1.54, 1.807) is 0 Å². The fraction of sp³-hybridized carbons (Fsp3) is 0.700. The van der Waals surface area contributed by atoms with Gasteiger partial charge in [0, 0.05) is 12.6 Å². The van der Waals surface area contributed by atoms with Crippen LogP contribution in [0.4, 0.5) is 5.13 Å². The Balaban J connectivity index is 2.61. The summed E-state index contributed by atoms with van der Waals surface area (Å²) in [6, 6.07) is 0.244. The van der Waals surface area contributed by atoms with E-state index in [4.69, 9.17) is 5.73 Å². The highest BCUT2D eigenvalue weighted by molar-refractivity contribution is 7.15. The molecule has 1 heterocycles. The zero-order chi connectivity index (χ0) is 12.8. The molecule has 0 fully saturated rings. The number of primary amides is 1. The number of amides is 1. The van der Waals surface area contributed by atoms with Crippen LogP contribution in [0.1, 0.15) is 25.8 Å². The minimum Gasteiger partial charge on any atom is -0.369 e. The molecule has 0 atom stereocenters. The summed E-state index contributed by atoms with van der Waals surface area (Å²) in [4.78, 5) is 12.9. The highest BCUT2D eigenvalue weighted by Gasteiger charge is 2.15. The molecule has 0 saturated carbocycles. The second-order valence-electron chi connectivity index (χ2n) is 4.00. The molecule has 0 unspecified atom stereocenters. The molecule has 0 aromatic carbocycles. The Morgan fingerprint density at radius 3 is 2.76 bits per heavy atom. The van der Waals surface area contributed by atoms with Gasteiger partial charge < -0.3 is 11.1 Å². The lowest BCUT2D eigenvalue weighted by Gasteiger charge is -2.23. The molecule has 0 aliphatic heterocycles. The van der Waals surface area contributed by atoms with E-state index in [1.807, 2.05) is 25.7 Å². The van der Waals surface area contributed by atoms with Crippen LogP contribution in [0, 0.1) is 0 Å². The molecule has 17 heavy (non-hydrogen) atoms. The van der Waals surface area contributed by atoms with Crippen LogP contribution in [0.5, 0.6) is 0 Å². The van der Waals surface area contributed by atoms with E-state index in [1.165, 1.54) is 11.3 Å². The van der Waals surface area contributed by atoms with Crippen molar-refractivity contribution in [3.05, 3.63) is 5.01 Å². The number of carbonyl (C=O) groups excluding carboxylic acids is 1. The van der Waals surface area contributed by atoms with E-state index in [0.29, 0.717) is 6.54 Å². The van der Waals surface area contributed by atoms with E-state index < -0.39 is 0 Å². The standard InChI is InChI=1S/C10H19N5OS/c1-4-12-10-14-13-9(17-10)6-15(7(2)3)5-8(11)16/h7H,4-6H2,1-3H3,(H2,11,16)(H,12,14). The van der Waals surface area contributed by atoms with Crippen LogP contribution < -0.4 is 11.1 Å². The summed E-state index contributed by atoms with van der Waals surface area (Å²) in [7, 11) is 0. The molecule has 0 aliphatic rings. The number of nitrogens with two attached hydrogens (primary N) is 1. The Kier molecular flexibility index (Phi) is 5.30. The largest absolute Gasteiger partial charge is 0.369 e. The molecule has 1 amide bonds. The fourth-order valence-electron chi connectivity index (χ4n) is 1.34. The third-order valence-electron chi connectivity index (χ3n) is 2.22. The van der Waals surface area contributed by atoms with Gasteiger partial charge in [-0.05, 0) is 20.8 Å². The monoisotopic (exact) mass is 257 g/mol. The molecule has 1 rings (SSSR count). The zero-order valence-corrected chi connectivity index (χ0v) is 11.3. The van der Waals surface area contributed by atoms with Crippen molar-refractivity contribution >= 4 is 22.4 Å². The Morgan fingerprint density at radius 1 is 1.53 bits per heavy atom. The second kappa shape index (κ2) is 6.51. The summed E-state index contributed by atoms with van der Waals surface area (Å²) in [5.41, 5.74) is 5.21. The quantitative estimate of drug-likeness (QED) is 0.750. The first kappa shape index (κ1) is 13.9. The molecule has 96 valence electrons. The first-order valence-corrected chi connectivity index (χ1v) is 6.43. The Bertz CT molecular complexity index is 365. The average molecular weight is 257 g/mol. The van der Waals surface area contributed by atoms with E-state index in [9.17, 15) is 4.79 Å². The molecule has 0 aliphatic carbocycles. The third-order valence-corrected chi connectivity index (χ3v) is 3.09. The number of carbonyl (C=O) groups is 1. The van der Waals surface area contributed by atoms with Crippen molar-refractivity contribution in [2.75, 3.05) is 18.4 Å². The first-order chi connectivity index (χ1) is 8.02. The summed E-state index contributed by atoms with van der Waals surface area (Å²) < 4.78 is 0. The van der Waals surface area contributed by atoms with Crippen molar-refractivity contribution in [1.29, 1.82) is 0 Å². The molecule has 1 aromatic heterocycles. The maximum absolute atomic E-state index is 10.9. The van der Waals surface area contributed by atoms with Gasteiger partial charge in [-0.25, -0.2) is 0 Å². The van der Waals surface area contributed by atoms with Crippen LogP contribution in [0.2, 0.25) is 0 Å². The molecular formula is C10H19N5OS. The van der Waals surface area contributed by atoms with Gasteiger partial charge in [0.05, 0.1) is 13.1 Å². The molecule has 3 N–H and O–H groups in total. The van der Waals surface area contributed by atoms with Gasteiger partial charge in [-0.2, -0.15) is 0 Å². The topological polar surface area (TPSA) is 84.1 Å². The maximum atomic E-state index is 10.9. The summed E-state index contributed by atoms with van der Waals surface area (Å²) in [6.07, 6.45) is 0. The van der Waals surface area contributed by atoms with Crippen LogP contribution in [0.15, 0.2) is 0 Å². The highest BCUT2D eigenvalue weighted by atomic mass is 32.1. The first-order valence-electron chi connectivity index (χ1n) is 5.61. The third kappa shape index (κ3) is 4.66. The van der Waals surface area contributed by atoms with Crippen molar-refractivity contribution in [2.45, 2.75) is 33.4 Å². The lowest BCUT2D eigenvalue weighted by molar-refractivity contribution is -0.119. The Morgan fingerprint density at radius 2 is 2.24 bits per heavy atom. The van der Waals surface area contributed by atoms with Gasteiger partial charge in [-0.3, -0.25) is 9.69 Å². The highest BCUT2D eigenvalue weighted by Crippen LogP contribution is 2.17. The van der Waals surface area contributed by atoms with Gasteiger partial charge in [-0.15, -0.1) is 10.2 Å². The minimum atomic E-state index is -0.324. The molecule has 7 heteroatoms. The van der Waals surface area contributed by atoms with Crippen molar-refractivity contribution in [3.8, 4) is 0 Å². The van der Waals surface area contributed by atoms with Crippen molar-refractivity contribution in [1.82, 2.24) is 15.1 Å². The minimum absolute atomic E-state index is 0.244. The number of nitrogens with one attached hydrogen (secondary N) is 1. The van der Waals surface area contributed by atoms with Crippen LogP contribution in [-0.4, -0.2) is 40.1 Å². The van der Waals surface area contributed by atoms with E-state index in [2.05, 4.69) is 15.5 Å². The van der Waals surface area contributed by atoms with E-state index in [-0.39, 0.29) is 18.5 Å². The van der Waals surface area contributed by atoms with Gasteiger partial charge in [0.15, 0.2) is 0 Å². The molecule has 6 nitrogen and oxygen atoms in total. The predicted octanol–water partition coefficient (Wildman–Crippen LogP) is 0.666. The van der Waals surface area contributed by atoms with E-state index >= 15 is 0 Å². The average Bonchev–Trinajstić information content (AvgIpc) is 2.64. The van der Waals surface area contributed by atoms with Crippen molar-refractivity contribution in [2.24, 2.45) is 5.73 Å². The van der Waals surface area contributed by atoms with E-state index in [0.717, 1.165) is 16.7 Å².